The summed E-state index contributed by atoms with van der Waals surface area (Å²) in [6.07, 6.45) is -2.27. The zero-order valence-electron chi connectivity index (χ0n) is 16.0. The number of rotatable bonds is 4. The molecular formula is C19H17ClF3N5O3. The van der Waals surface area contributed by atoms with Crippen LogP contribution in [0.15, 0.2) is 36.7 Å². The van der Waals surface area contributed by atoms with Crippen molar-refractivity contribution in [1.29, 1.82) is 0 Å². The van der Waals surface area contributed by atoms with Gasteiger partial charge in [0.2, 0.25) is 5.91 Å². The zero-order chi connectivity index (χ0) is 22.6. The molecule has 0 radical (unpaired) electrons. The van der Waals surface area contributed by atoms with Crippen LogP contribution >= 0.6 is 11.6 Å². The highest BCUT2D eigenvalue weighted by atomic mass is 35.5. The number of nitrogens with one attached hydrogen (secondary N) is 1. The number of benzene rings is 1. The van der Waals surface area contributed by atoms with Gasteiger partial charge in [0.25, 0.3) is 11.8 Å². The average molecular weight is 456 g/mol. The van der Waals surface area contributed by atoms with Crippen molar-refractivity contribution in [3.8, 4) is 0 Å². The Kier molecular flexibility index (Phi) is 6.74. The van der Waals surface area contributed by atoms with E-state index in [1.54, 1.807) is 0 Å². The molecule has 3 rings (SSSR count). The fourth-order valence-corrected chi connectivity index (χ4v) is 3.13. The second kappa shape index (κ2) is 9.29. The number of aromatic nitrogens is 2. The highest BCUT2D eigenvalue weighted by molar-refractivity contribution is 6.29. The number of carbonyl (C=O) groups is 3. The van der Waals surface area contributed by atoms with Gasteiger partial charge in [0.15, 0.2) is 0 Å². The van der Waals surface area contributed by atoms with Gasteiger partial charge in [-0.2, -0.15) is 13.2 Å². The monoisotopic (exact) mass is 455 g/mol. The molecule has 1 saturated heterocycles. The van der Waals surface area contributed by atoms with E-state index in [0.29, 0.717) is 0 Å². The molecule has 1 aliphatic heterocycles. The molecule has 2 heterocycles. The third-order valence-corrected chi connectivity index (χ3v) is 4.83. The summed E-state index contributed by atoms with van der Waals surface area (Å²) in [6, 6.07) is 4.59. The van der Waals surface area contributed by atoms with Crippen molar-refractivity contribution in [3.63, 3.8) is 0 Å². The fourth-order valence-electron chi connectivity index (χ4n) is 3.03. The molecular weight excluding hydrogens is 439 g/mol. The van der Waals surface area contributed by atoms with Gasteiger partial charge in [0, 0.05) is 26.2 Å². The minimum atomic E-state index is -4.64. The Balaban J connectivity index is 1.53. The van der Waals surface area contributed by atoms with Crippen molar-refractivity contribution in [1.82, 2.24) is 25.1 Å². The number of halogens is 4. The van der Waals surface area contributed by atoms with Gasteiger partial charge in [0.1, 0.15) is 10.8 Å². The predicted molar refractivity (Wildman–Crippen MR) is 103 cm³/mol. The Bertz CT molecular complexity index is 976. The van der Waals surface area contributed by atoms with E-state index in [1.165, 1.54) is 34.3 Å². The molecule has 1 aliphatic rings. The molecule has 0 unspecified atom stereocenters. The van der Waals surface area contributed by atoms with Crippen LogP contribution < -0.4 is 5.32 Å². The predicted octanol–water partition coefficient (Wildman–Crippen LogP) is 1.86. The summed E-state index contributed by atoms with van der Waals surface area (Å²) in [5, 5.41) is 2.54. The van der Waals surface area contributed by atoms with Crippen LogP contribution in [0.1, 0.15) is 26.4 Å². The van der Waals surface area contributed by atoms with Gasteiger partial charge in [-0.3, -0.25) is 14.4 Å². The van der Waals surface area contributed by atoms with Crippen LogP contribution in [0.25, 0.3) is 0 Å². The SMILES string of the molecule is O=C(NCC(=O)N1CCN(C(=O)c2ccccc2C(F)(F)F)CC1)c1cnc(Cl)cn1. The summed E-state index contributed by atoms with van der Waals surface area (Å²) in [7, 11) is 0. The van der Waals surface area contributed by atoms with E-state index >= 15 is 0 Å². The number of hydrogen-bond donors (Lipinski definition) is 1. The average Bonchev–Trinajstić information content (AvgIpc) is 2.76. The standard InChI is InChI=1S/C19H17ClF3N5O3/c20-15-10-24-14(9-25-15)17(30)26-11-16(29)27-5-7-28(8-6-27)18(31)12-3-1-2-4-13(12)19(21,22)23/h1-4,9-10H,5-8,11H2,(H,26,30). The van der Waals surface area contributed by atoms with Crippen LogP contribution in [0, 0.1) is 0 Å². The van der Waals surface area contributed by atoms with Crippen molar-refractivity contribution in [2.45, 2.75) is 6.18 Å². The third kappa shape index (κ3) is 5.48. The van der Waals surface area contributed by atoms with Gasteiger partial charge in [-0.25, -0.2) is 9.97 Å². The first-order chi connectivity index (χ1) is 14.7. The van der Waals surface area contributed by atoms with E-state index in [-0.39, 0.29) is 43.6 Å². The molecule has 0 atom stereocenters. The molecule has 0 spiro atoms. The normalized spacial score (nSPS) is 14.3. The maximum absolute atomic E-state index is 13.2. The first-order valence-electron chi connectivity index (χ1n) is 9.16. The molecule has 1 fully saturated rings. The highest BCUT2D eigenvalue weighted by Gasteiger charge is 2.36. The quantitative estimate of drug-likeness (QED) is 0.759. The van der Waals surface area contributed by atoms with Crippen molar-refractivity contribution >= 4 is 29.3 Å². The van der Waals surface area contributed by atoms with Crippen LogP contribution in [-0.4, -0.2) is 70.2 Å². The molecule has 3 amide bonds. The van der Waals surface area contributed by atoms with Gasteiger partial charge in [0.05, 0.1) is 30.1 Å². The van der Waals surface area contributed by atoms with E-state index in [9.17, 15) is 27.6 Å². The van der Waals surface area contributed by atoms with Crippen molar-refractivity contribution in [2.75, 3.05) is 32.7 Å². The van der Waals surface area contributed by atoms with Crippen molar-refractivity contribution < 1.29 is 27.6 Å². The lowest BCUT2D eigenvalue weighted by atomic mass is 10.1. The minimum absolute atomic E-state index is 0.00375. The Morgan fingerprint density at radius 2 is 1.65 bits per heavy atom. The third-order valence-electron chi connectivity index (χ3n) is 4.64. The highest BCUT2D eigenvalue weighted by Crippen LogP contribution is 2.32. The molecule has 0 bridgehead atoms. The summed E-state index contributed by atoms with van der Waals surface area (Å²) in [5.41, 5.74) is -1.42. The minimum Gasteiger partial charge on any atom is -0.342 e. The summed E-state index contributed by atoms with van der Waals surface area (Å²) < 4.78 is 39.5. The van der Waals surface area contributed by atoms with E-state index < -0.39 is 35.0 Å². The fraction of sp³-hybridized carbons (Fsp3) is 0.316. The maximum Gasteiger partial charge on any atom is 0.417 e. The van der Waals surface area contributed by atoms with Gasteiger partial charge in [-0.1, -0.05) is 23.7 Å². The Hall–Kier alpha value is -3.21. The second-order valence-corrected chi connectivity index (χ2v) is 7.01. The van der Waals surface area contributed by atoms with E-state index in [2.05, 4.69) is 15.3 Å². The molecule has 1 aromatic carbocycles. The van der Waals surface area contributed by atoms with Crippen LogP contribution in [0.3, 0.4) is 0 Å². The van der Waals surface area contributed by atoms with Crippen LogP contribution in [0.2, 0.25) is 5.15 Å². The maximum atomic E-state index is 13.2. The zero-order valence-corrected chi connectivity index (χ0v) is 16.8. The lowest BCUT2D eigenvalue weighted by Crippen LogP contribution is -2.52. The second-order valence-electron chi connectivity index (χ2n) is 6.62. The summed E-state index contributed by atoms with van der Waals surface area (Å²) in [6.45, 7) is 0.124. The smallest absolute Gasteiger partial charge is 0.342 e. The lowest BCUT2D eigenvalue weighted by Gasteiger charge is -2.35. The molecule has 164 valence electrons. The number of nitrogens with zero attached hydrogens (tertiary/aromatic N) is 4. The molecule has 1 N–H and O–H groups in total. The lowest BCUT2D eigenvalue weighted by molar-refractivity contribution is -0.138. The van der Waals surface area contributed by atoms with Gasteiger partial charge < -0.3 is 15.1 Å². The molecule has 1 aromatic heterocycles. The number of carbonyl (C=O) groups excluding carboxylic acids is 3. The van der Waals surface area contributed by atoms with Crippen LogP contribution in [0.5, 0.6) is 0 Å². The molecule has 2 aromatic rings. The summed E-state index contributed by atoms with van der Waals surface area (Å²) in [5.74, 6) is -1.73. The number of alkyl halides is 3. The molecule has 12 heteroatoms. The molecule has 8 nitrogen and oxygen atoms in total. The Labute approximate surface area is 180 Å². The van der Waals surface area contributed by atoms with E-state index in [1.807, 2.05) is 0 Å². The number of piperazine rings is 1. The molecule has 0 aliphatic carbocycles. The Morgan fingerprint density at radius 1 is 1.00 bits per heavy atom. The summed E-state index contributed by atoms with van der Waals surface area (Å²) >= 11 is 5.60. The van der Waals surface area contributed by atoms with Gasteiger partial charge in [-0.15, -0.1) is 0 Å². The topological polar surface area (TPSA) is 95.5 Å². The van der Waals surface area contributed by atoms with Crippen LogP contribution in [-0.2, 0) is 11.0 Å². The largest absolute Gasteiger partial charge is 0.417 e. The van der Waals surface area contributed by atoms with Crippen molar-refractivity contribution in [2.24, 2.45) is 0 Å². The van der Waals surface area contributed by atoms with Gasteiger partial charge >= 0.3 is 6.18 Å². The van der Waals surface area contributed by atoms with E-state index in [0.717, 1.165) is 12.1 Å². The van der Waals surface area contributed by atoms with Crippen LogP contribution in [0.4, 0.5) is 13.2 Å². The first kappa shape index (κ1) is 22.5. The number of amides is 3. The first-order valence-corrected chi connectivity index (χ1v) is 9.53. The molecule has 0 saturated carbocycles. The van der Waals surface area contributed by atoms with Crippen molar-refractivity contribution in [3.05, 3.63) is 58.6 Å². The molecule has 31 heavy (non-hydrogen) atoms. The van der Waals surface area contributed by atoms with Gasteiger partial charge in [-0.05, 0) is 12.1 Å². The van der Waals surface area contributed by atoms with E-state index in [4.69, 9.17) is 11.6 Å². The summed E-state index contributed by atoms with van der Waals surface area (Å²) in [4.78, 5) is 47.1. The Morgan fingerprint density at radius 3 is 2.26 bits per heavy atom. The number of hydrogen-bond acceptors (Lipinski definition) is 5.